The minimum Gasteiger partial charge on any atom is -0.480 e. The normalized spacial score (nSPS) is 12.5. The highest BCUT2D eigenvalue weighted by Crippen LogP contribution is 2.32. The zero-order valence-electron chi connectivity index (χ0n) is 15.1. The van der Waals surface area contributed by atoms with Gasteiger partial charge in [-0.2, -0.15) is 23.4 Å². The van der Waals surface area contributed by atoms with Crippen LogP contribution in [-0.4, -0.2) is 49.8 Å². The Bertz CT molecular complexity index is 800. The van der Waals surface area contributed by atoms with Crippen molar-refractivity contribution in [2.75, 3.05) is 19.8 Å². The van der Waals surface area contributed by atoms with Crippen LogP contribution < -0.4 is 4.74 Å². The molecule has 1 atom stereocenters. The first-order valence-corrected chi connectivity index (χ1v) is 8.35. The van der Waals surface area contributed by atoms with Crippen molar-refractivity contribution in [2.45, 2.75) is 26.1 Å². The van der Waals surface area contributed by atoms with E-state index in [-0.39, 0.29) is 24.0 Å². The smallest absolute Gasteiger partial charge is 0.453 e. The van der Waals surface area contributed by atoms with E-state index in [0.717, 1.165) is 6.07 Å². The molecule has 0 fully saturated rings. The molecule has 1 aromatic rings. The number of halogens is 5. The van der Waals surface area contributed by atoms with Crippen molar-refractivity contribution in [1.82, 2.24) is 0 Å². The van der Waals surface area contributed by atoms with Crippen LogP contribution in [0, 0.1) is 5.82 Å². The average molecular weight is 443 g/mol. The number of hydrogen-bond donors (Lipinski definition) is 0. The SMILES string of the molecule is CCOC(=O)COc1cc(N=NC(C(=O)OCC)C(=O)C(F)(F)F)c(F)cc1Cl. The number of azo groups is 1. The van der Waals surface area contributed by atoms with Crippen LogP contribution in [0.25, 0.3) is 0 Å². The summed E-state index contributed by atoms with van der Waals surface area (Å²) in [6, 6.07) is -1.16. The molecule has 0 amide bonds. The van der Waals surface area contributed by atoms with Gasteiger partial charge in [0.05, 0.1) is 18.2 Å². The second kappa shape index (κ2) is 10.7. The van der Waals surface area contributed by atoms with Gasteiger partial charge in [0, 0.05) is 6.07 Å². The molecule has 0 saturated carbocycles. The molecule has 0 N–H and O–H groups in total. The molecule has 0 heterocycles. The number of rotatable bonds is 9. The first-order valence-electron chi connectivity index (χ1n) is 7.97. The monoisotopic (exact) mass is 442 g/mol. The number of ketones is 1. The Morgan fingerprint density at radius 2 is 1.76 bits per heavy atom. The van der Waals surface area contributed by atoms with E-state index in [1.807, 2.05) is 0 Å². The first-order chi connectivity index (χ1) is 13.5. The number of carbonyl (C=O) groups is 3. The Morgan fingerprint density at radius 3 is 2.31 bits per heavy atom. The molecular formula is C16H15ClF4N2O6. The molecule has 0 aromatic heterocycles. The van der Waals surface area contributed by atoms with Gasteiger partial charge in [-0.15, -0.1) is 0 Å². The number of hydrogen-bond acceptors (Lipinski definition) is 8. The van der Waals surface area contributed by atoms with Gasteiger partial charge in [0.2, 0.25) is 6.04 Å². The molecule has 1 unspecified atom stereocenters. The zero-order valence-corrected chi connectivity index (χ0v) is 15.8. The first kappa shape index (κ1) is 24.3. The molecular weight excluding hydrogens is 428 g/mol. The maximum atomic E-state index is 14.0. The highest BCUT2D eigenvalue weighted by atomic mass is 35.5. The highest BCUT2D eigenvalue weighted by Gasteiger charge is 2.47. The van der Waals surface area contributed by atoms with Gasteiger partial charge in [0.1, 0.15) is 11.4 Å². The molecule has 0 bridgehead atoms. The molecule has 160 valence electrons. The number of esters is 2. The fraction of sp³-hybridized carbons (Fsp3) is 0.438. The van der Waals surface area contributed by atoms with E-state index >= 15 is 0 Å². The summed E-state index contributed by atoms with van der Waals surface area (Å²) in [7, 11) is 0. The molecule has 0 aliphatic rings. The summed E-state index contributed by atoms with van der Waals surface area (Å²) in [5, 5.41) is 5.89. The van der Waals surface area contributed by atoms with Crippen LogP contribution in [0.15, 0.2) is 22.4 Å². The average Bonchev–Trinajstić information content (AvgIpc) is 2.62. The molecule has 29 heavy (non-hydrogen) atoms. The molecule has 0 aliphatic heterocycles. The fourth-order valence-electron chi connectivity index (χ4n) is 1.75. The van der Waals surface area contributed by atoms with Gasteiger partial charge >= 0.3 is 18.1 Å². The lowest BCUT2D eigenvalue weighted by molar-refractivity contribution is -0.176. The molecule has 1 rings (SSSR count). The largest absolute Gasteiger partial charge is 0.480 e. The van der Waals surface area contributed by atoms with Crippen LogP contribution in [0.4, 0.5) is 23.2 Å². The third kappa shape index (κ3) is 7.29. The van der Waals surface area contributed by atoms with Gasteiger partial charge in [-0.25, -0.2) is 14.0 Å². The highest BCUT2D eigenvalue weighted by molar-refractivity contribution is 6.32. The molecule has 0 saturated heterocycles. The van der Waals surface area contributed by atoms with Crippen LogP contribution in [0.2, 0.25) is 5.02 Å². The number of carbonyl (C=O) groups excluding carboxylic acids is 3. The lowest BCUT2D eigenvalue weighted by Gasteiger charge is -2.12. The van der Waals surface area contributed by atoms with Gasteiger partial charge in [-0.05, 0) is 19.9 Å². The second-order valence-electron chi connectivity index (χ2n) is 5.06. The summed E-state index contributed by atoms with van der Waals surface area (Å²) >= 11 is 5.76. The van der Waals surface area contributed by atoms with Crippen LogP contribution in [0.3, 0.4) is 0 Å². The minimum absolute atomic E-state index is 0.0846. The predicted octanol–water partition coefficient (Wildman–Crippen LogP) is 3.57. The zero-order chi connectivity index (χ0) is 22.2. The molecule has 0 spiro atoms. The van der Waals surface area contributed by atoms with E-state index in [9.17, 15) is 31.9 Å². The molecule has 8 nitrogen and oxygen atoms in total. The Kier molecular flexibility index (Phi) is 8.95. The van der Waals surface area contributed by atoms with E-state index in [2.05, 4.69) is 19.7 Å². The number of nitrogens with zero attached hydrogens (tertiary/aromatic N) is 2. The third-order valence-electron chi connectivity index (χ3n) is 2.97. The number of Topliss-reactive ketones (excluding diaryl/α,β-unsaturated/α-hetero) is 1. The second-order valence-corrected chi connectivity index (χ2v) is 5.47. The topological polar surface area (TPSA) is 104 Å². The lowest BCUT2D eigenvalue weighted by atomic mass is 10.2. The van der Waals surface area contributed by atoms with Crippen molar-refractivity contribution in [2.24, 2.45) is 10.2 Å². The van der Waals surface area contributed by atoms with Crippen molar-refractivity contribution in [3.05, 3.63) is 23.0 Å². The van der Waals surface area contributed by atoms with Crippen molar-refractivity contribution in [3.8, 4) is 5.75 Å². The van der Waals surface area contributed by atoms with Gasteiger partial charge in [-0.1, -0.05) is 11.6 Å². The van der Waals surface area contributed by atoms with Crippen molar-refractivity contribution in [1.29, 1.82) is 0 Å². The van der Waals surface area contributed by atoms with Crippen molar-refractivity contribution in [3.63, 3.8) is 0 Å². The van der Waals surface area contributed by atoms with Gasteiger partial charge < -0.3 is 14.2 Å². The Balaban J connectivity index is 3.15. The van der Waals surface area contributed by atoms with E-state index in [1.54, 1.807) is 6.92 Å². The minimum atomic E-state index is -5.40. The third-order valence-corrected chi connectivity index (χ3v) is 3.27. The summed E-state index contributed by atoms with van der Waals surface area (Å²) in [5.74, 6) is -6.29. The maximum absolute atomic E-state index is 14.0. The summed E-state index contributed by atoms with van der Waals surface area (Å²) in [6.07, 6.45) is -5.40. The summed E-state index contributed by atoms with van der Waals surface area (Å²) in [6.45, 7) is 2.03. The van der Waals surface area contributed by atoms with E-state index in [0.29, 0.717) is 6.07 Å². The quantitative estimate of drug-likeness (QED) is 0.251. The number of alkyl halides is 3. The Morgan fingerprint density at radius 1 is 1.14 bits per heavy atom. The van der Waals surface area contributed by atoms with E-state index in [1.165, 1.54) is 6.92 Å². The van der Waals surface area contributed by atoms with Crippen LogP contribution >= 0.6 is 11.6 Å². The van der Waals surface area contributed by atoms with E-state index < -0.39 is 48.1 Å². The molecule has 0 radical (unpaired) electrons. The van der Waals surface area contributed by atoms with Gasteiger partial charge in [-0.3, -0.25) is 4.79 Å². The summed E-state index contributed by atoms with van der Waals surface area (Å²) in [4.78, 5) is 34.3. The molecule has 1 aromatic carbocycles. The number of ether oxygens (including phenoxy) is 3. The predicted molar refractivity (Wildman–Crippen MR) is 89.5 cm³/mol. The van der Waals surface area contributed by atoms with Crippen molar-refractivity contribution >= 4 is 35.0 Å². The van der Waals surface area contributed by atoms with Crippen LogP contribution in [0.5, 0.6) is 5.75 Å². The van der Waals surface area contributed by atoms with Gasteiger partial charge in [0.15, 0.2) is 12.4 Å². The van der Waals surface area contributed by atoms with Gasteiger partial charge in [0.25, 0.3) is 5.78 Å². The Labute approximate surface area is 166 Å². The summed E-state index contributed by atoms with van der Waals surface area (Å²) in [5.41, 5.74) is -0.697. The van der Waals surface area contributed by atoms with E-state index in [4.69, 9.17) is 16.3 Å². The lowest BCUT2D eigenvalue weighted by Crippen LogP contribution is -2.39. The molecule has 0 aliphatic carbocycles. The standard InChI is InChI=1S/C16H15ClF4N2O6/c1-3-27-12(24)7-29-11-6-10(9(18)5-8(11)17)22-23-13(15(26)28-4-2)14(25)16(19,20)21/h5-6,13H,3-4,7H2,1-2H3. The fourth-order valence-corrected chi connectivity index (χ4v) is 1.95. The van der Waals surface area contributed by atoms with Crippen molar-refractivity contribution < 1.29 is 46.2 Å². The van der Waals surface area contributed by atoms with Crippen LogP contribution in [-0.2, 0) is 23.9 Å². The number of benzene rings is 1. The maximum Gasteiger partial charge on any atom is 0.453 e. The summed E-state index contributed by atoms with van der Waals surface area (Å²) < 4.78 is 65.9. The molecule has 13 heteroatoms. The Hall–Kier alpha value is -2.76. The van der Waals surface area contributed by atoms with Crippen LogP contribution in [0.1, 0.15) is 13.8 Å².